The molecule has 84 valence electrons. The fraction of sp³-hybridized carbons (Fsp3) is 0.500. The highest BCUT2D eigenvalue weighted by atomic mass is 32.2. The highest BCUT2D eigenvalue weighted by Gasteiger charge is 2.28. The van der Waals surface area contributed by atoms with Crippen LogP contribution in [-0.4, -0.2) is 5.25 Å². The van der Waals surface area contributed by atoms with Gasteiger partial charge in [0.15, 0.2) is 0 Å². The molecule has 2 atom stereocenters. The molecule has 2 rings (SSSR count). The van der Waals surface area contributed by atoms with E-state index in [2.05, 4.69) is 38.1 Å². The van der Waals surface area contributed by atoms with Crippen molar-refractivity contribution in [2.75, 3.05) is 0 Å². The van der Waals surface area contributed by atoms with E-state index < -0.39 is 0 Å². The van der Waals surface area contributed by atoms with Crippen LogP contribution in [0.25, 0.3) is 0 Å². The van der Waals surface area contributed by atoms with Gasteiger partial charge in [0.2, 0.25) is 0 Å². The van der Waals surface area contributed by atoms with Crippen molar-refractivity contribution < 1.29 is 0 Å². The molecule has 1 aromatic carbocycles. The summed E-state index contributed by atoms with van der Waals surface area (Å²) in [6.07, 6.45) is 3.48. The molecule has 0 amide bonds. The lowest BCUT2D eigenvalue weighted by Gasteiger charge is -2.14. The van der Waals surface area contributed by atoms with Gasteiger partial charge >= 0.3 is 0 Å². The van der Waals surface area contributed by atoms with Gasteiger partial charge < -0.3 is 0 Å². The molecule has 1 aliphatic rings. The number of nitriles is 1. The van der Waals surface area contributed by atoms with E-state index in [0.717, 1.165) is 6.42 Å². The van der Waals surface area contributed by atoms with Crippen molar-refractivity contribution in [2.45, 2.75) is 43.3 Å². The fourth-order valence-corrected chi connectivity index (χ4v) is 3.69. The van der Waals surface area contributed by atoms with Gasteiger partial charge in [-0.05, 0) is 38.3 Å². The summed E-state index contributed by atoms with van der Waals surface area (Å²) in [5.41, 5.74) is 2.64. The number of hydrogen-bond donors (Lipinski definition) is 0. The molecule has 0 N–H and O–H groups in total. The highest BCUT2D eigenvalue weighted by molar-refractivity contribution is 8.00. The van der Waals surface area contributed by atoms with Crippen LogP contribution in [0.2, 0.25) is 0 Å². The predicted molar refractivity (Wildman–Crippen MR) is 68.5 cm³/mol. The summed E-state index contributed by atoms with van der Waals surface area (Å²) < 4.78 is 0. The second-order valence-electron chi connectivity index (χ2n) is 4.59. The number of benzene rings is 1. The van der Waals surface area contributed by atoms with Gasteiger partial charge in [0.25, 0.3) is 0 Å². The summed E-state index contributed by atoms with van der Waals surface area (Å²) in [5.74, 6) is 0.255. The van der Waals surface area contributed by atoms with Crippen molar-refractivity contribution in [3.8, 4) is 6.07 Å². The standard InChI is InChI=1S/C14H17NS/c1-10-6-7-11(2)14(8-10)16-13-5-3-4-12(13)9-15/h6-8,12-13H,3-5H2,1-2H3. The molecule has 0 saturated heterocycles. The van der Waals surface area contributed by atoms with Crippen LogP contribution in [0.1, 0.15) is 30.4 Å². The zero-order valence-corrected chi connectivity index (χ0v) is 10.7. The average Bonchev–Trinajstić information content (AvgIpc) is 2.71. The van der Waals surface area contributed by atoms with Crippen molar-refractivity contribution in [3.63, 3.8) is 0 Å². The summed E-state index contributed by atoms with van der Waals surface area (Å²) in [5, 5.41) is 9.58. The van der Waals surface area contributed by atoms with E-state index in [9.17, 15) is 0 Å². The van der Waals surface area contributed by atoms with E-state index in [0.29, 0.717) is 5.25 Å². The first-order chi connectivity index (χ1) is 7.70. The molecular weight excluding hydrogens is 214 g/mol. The lowest BCUT2D eigenvalue weighted by atomic mass is 10.1. The summed E-state index contributed by atoms with van der Waals surface area (Å²) in [6, 6.07) is 9.01. The molecular formula is C14H17NS. The Hall–Kier alpha value is -0.940. The molecule has 1 aromatic rings. The molecule has 0 aromatic heterocycles. The van der Waals surface area contributed by atoms with Gasteiger partial charge in [-0.15, -0.1) is 11.8 Å². The second kappa shape index (κ2) is 4.93. The Bertz CT molecular complexity index is 419. The Kier molecular flexibility index (Phi) is 3.56. The summed E-state index contributed by atoms with van der Waals surface area (Å²) in [6.45, 7) is 4.28. The van der Waals surface area contributed by atoms with Crippen molar-refractivity contribution in [3.05, 3.63) is 29.3 Å². The quantitative estimate of drug-likeness (QED) is 0.765. The fourth-order valence-electron chi connectivity index (χ4n) is 2.21. The predicted octanol–water partition coefficient (Wildman–Crippen LogP) is 4.09. The first-order valence-electron chi connectivity index (χ1n) is 5.84. The van der Waals surface area contributed by atoms with Crippen LogP contribution in [0.4, 0.5) is 0 Å². The SMILES string of the molecule is Cc1ccc(C)c(SC2CCCC2C#N)c1. The van der Waals surface area contributed by atoms with Crippen molar-refractivity contribution >= 4 is 11.8 Å². The zero-order valence-electron chi connectivity index (χ0n) is 9.86. The van der Waals surface area contributed by atoms with Crippen LogP contribution in [0.3, 0.4) is 0 Å². The van der Waals surface area contributed by atoms with E-state index in [1.807, 2.05) is 11.8 Å². The van der Waals surface area contributed by atoms with Crippen molar-refractivity contribution in [2.24, 2.45) is 5.92 Å². The summed E-state index contributed by atoms with van der Waals surface area (Å²) >= 11 is 1.90. The largest absolute Gasteiger partial charge is 0.198 e. The third-order valence-electron chi connectivity index (χ3n) is 3.24. The van der Waals surface area contributed by atoms with E-state index in [1.165, 1.54) is 28.9 Å². The Morgan fingerprint density at radius 1 is 1.31 bits per heavy atom. The molecule has 1 saturated carbocycles. The van der Waals surface area contributed by atoms with Gasteiger partial charge in [0.1, 0.15) is 0 Å². The summed E-state index contributed by atoms with van der Waals surface area (Å²) in [7, 11) is 0. The molecule has 1 aliphatic carbocycles. The Balaban J connectivity index is 2.14. The van der Waals surface area contributed by atoms with Crippen molar-refractivity contribution in [1.82, 2.24) is 0 Å². The first-order valence-corrected chi connectivity index (χ1v) is 6.72. The van der Waals surface area contributed by atoms with Gasteiger partial charge in [0, 0.05) is 10.1 Å². The van der Waals surface area contributed by atoms with Gasteiger partial charge in [-0.2, -0.15) is 5.26 Å². The van der Waals surface area contributed by atoms with Gasteiger partial charge in [-0.1, -0.05) is 24.1 Å². The maximum absolute atomic E-state index is 9.08. The van der Waals surface area contributed by atoms with Crippen LogP contribution in [0.5, 0.6) is 0 Å². The molecule has 1 fully saturated rings. The number of nitrogens with zero attached hydrogens (tertiary/aromatic N) is 1. The molecule has 0 heterocycles. The van der Waals surface area contributed by atoms with E-state index >= 15 is 0 Å². The number of rotatable bonds is 2. The third kappa shape index (κ3) is 2.41. The Morgan fingerprint density at radius 3 is 2.88 bits per heavy atom. The minimum Gasteiger partial charge on any atom is -0.198 e. The number of hydrogen-bond acceptors (Lipinski definition) is 2. The first kappa shape index (κ1) is 11.5. The maximum atomic E-state index is 9.08. The Labute approximate surface area is 102 Å². The average molecular weight is 231 g/mol. The molecule has 2 unspecified atom stereocenters. The lowest BCUT2D eigenvalue weighted by molar-refractivity contribution is 0.714. The van der Waals surface area contributed by atoms with E-state index in [1.54, 1.807) is 0 Å². The molecule has 0 aliphatic heterocycles. The minimum absolute atomic E-state index is 0.255. The van der Waals surface area contributed by atoms with E-state index in [4.69, 9.17) is 5.26 Å². The summed E-state index contributed by atoms with van der Waals surface area (Å²) in [4.78, 5) is 1.35. The van der Waals surface area contributed by atoms with Gasteiger partial charge in [-0.3, -0.25) is 0 Å². The number of aryl methyl sites for hydroxylation is 2. The molecule has 0 radical (unpaired) electrons. The molecule has 0 bridgehead atoms. The minimum atomic E-state index is 0.255. The molecule has 2 heteroatoms. The maximum Gasteiger partial charge on any atom is 0.0667 e. The molecule has 1 nitrogen and oxygen atoms in total. The second-order valence-corrected chi connectivity index (χ2v) is 5.87. The van der Waals surface area contributed by atoms with Gasteiger partial charge in [0.05, 0.1) is 12.0 Å². The third-order valence-corrected chi connectivity index (χ3v) is 4.80. The van der Waals surface area contributed by atoms with Crippen LogP contribution < -0.4 is 0 Å². The molecule has 16 heavy (non-hydrogen) atoms. The van der Waals surface area contributed by atoms with Crippen LogP contribution >= 0.6 is 11.8 Å². The van der Waals surface area contributed by atoms with E-state index in [-0.39, 0.29) is 5.92 Å². The topological polar surface area (TPSA) is 23.8 Å². The lowest BCUT2D eigenvalue weighted by Crippen LogP contribution is -2.07. The Morgan fingerprint density at radius 2 is 2.12 bits per heavy atom. The zero-order chi connectivity index (χ0) is 11.5. The van der Waals surface area contributed by atoms with Gasteiger partial charge in [-0.25, -0.2) is 0 Å². The smallest absolute Gasteiger partial charge is 0.0667 e. The number of thioether (sulfide) groups is 1. The van der Waals surface area contributed by atoms with Crippen molar-refractivity contribution in [1.29, 1.82) is 5.26 Å². The highest BCUT2D eigenvalue weighted by Crippen LogP contribution is 2.39. The van der Waals surface area contributed by atoms with Crippen LogP contribution in [0, 0.1) is 31.1 Å². The normalized spacial score (nSPS) is 24.3. The van der Waals surface area contributed by atoms with Crippen LogP contribution in [0.15, 0.2) is 23.1 Å². The van der Waals surface area contributed by atoms with Crippen LogP contribution in [-0.2, 0) is 0 Å². The monoisotopic (exact) mass is 231 g/mol. The molecule has 0 spiro atoms.